The number of aromatic hydroxyl groups is 1. The standard InChI is InChI=1S/C15H15ClN2O3/c1-9-6-10(2)14(18(20)21)7-13(9)17-8-11-4-3-5-12(16)15(11)19/h3-7,17,19H,8H2,1-2H3. The van der Waals surface area contributed by atoms with Gasteiger partial charge in [0.1, 0.15) is 5.75 Å². The van der Waals surface area contributed by atoms with E-state index in [4.69, 9.17) is 11.6 Å². The molecule has 0 fully saturated rings. The fourth-order valence-corrected chi connectivity index (χ4v) is 2.32. The molecule has 0 aliphatic rings. The minimum absolute atomic E-state index is 0.0194. The fourth-order valence-electron chi connectivity index (χ4n) is 2.12. The van der Waals surface area contributed by atoms with E-state index < -0.39 is 4.92 Å². The number of anilines is 1. The molecule has 110 valence electrons. The van der Waals surface area contributed by atoms with Crippen LogP contribution in [0.1, 0.15) is 16.7 Å². The summed E-state index contributed by atoms with van der Waals surface area (Å²) < 4.78 is 0. The molecule has 0 heterocycles. The lowest BCUT2D eigenvalue weighted by atomic mass is 10.1. The molecule has 2 aromatic rings. The smallest absolute Gasteiger partial charge is 0.274 e. The monoisotopic (exact) mass is 306 g/mol. The van der Waals surface area contributed by atoms with Gasteiger partial charge in [0.2, 0.25) is 0 Å². The van der Waals surface area contributed by atoms with Crippen LogP contribution >= 0.6 is 11.6 Å². The van der Waals surface area contributed by atoms with Crippen molar-refractivity contribution in [2.75, 3.05) is 5.32 Å². The maximum atomic E-state index is 11.0. The summed E-state index contributed by atoms with van der Waals surface area (Å²) in [6.07, 6.45) is 0. The Labute approximate surface area is 127 Å². The highest BCUT2D eigenvalue weighted by atomic mass is 35.5. The van der Waals surface area contributed by atoms with Crippen LogP contribution in [0.2, 0.25) is 5.02 Å². The van der Waals surface area contributed by atoms with Crippen LogP contribution in [0.5, 0.6) is 5.75 Å². The average Bonchev–Trinajstić information content (AvgIpc) is 2.41. The summed E-state index contributed by atoms with van der Waals surface area (Å²) in [6, 6.07) is 8.35. The van der Waals surface area contributed by atoms with Gasteiger partial charge in [0.25, 0.3) is 5.69 Å². The van der Waals surface area contributed by atoms with Crippen molar-refractivity contribution >= 4 is 23.0 Å². The van der Waals surface area contributed by atoms with Gasteiger partial charge in [0.15, 0.2) is 0 Å². The first-order valence-corrected chi connectivity index (χ1v) is 6.74. The van der Waals surface area contributed by atoms with Crippen LogP contribution in [0.4, 0.5) is 11.4 Å². The Balaban J connectivity index is 2.26. The van der Waals surface area contributed by atoms with Crippen molar-refractivity contribution < 1.29 is 10.0 Å². The quantitative estimate of drug-likeness (QED) is 0.656. The summed E-state index contributed by atoms with van der Waals surface area (Å²) in [5.74, 6) is 0.0194. The molecule has 0 atom stereocenters. The zero-order valence-corrected chi connectivity index (χ0v) is 12.4. The van der Waals surface area contributed by atoms with Gasteiger partial charge in [-0.25, -0.2) is 0 Å². The third kappa shape index (κ3) is 3.25. The van der Waals surface area contributed by atoms with Gasteiger partial charge in [0.05, 0.1) is 9.95 Å². The first-order valence-electron chi connectivity index (χ1n) is 6.36. The van der Waals surface area contributed by atoms with Gasteiger partial charge < -0.3 is 10.4 Å². The fraction of sp³-hybridized carbons (Fsp3) is 0.200. The Morgan fingerprint density at radius 1 is 1.29 bits per heavy atom. The molecule has 0 unspecified atom stereocenters. The van der Waals surface area contributed by atoms with E-state index in [1.807, 2.05) is 6.92 Å². The molecule has 5 nitrogen and oxygen atoms in total. The van der Waals surface area contributed by atoms with E-state index in [2.05, 4.69) is 5.32 Å². The Kier molecular flexibility index (Phi) is 4.33. The highest BCUT2D eigenvalue weighted by Crippen LogP contribution is 2.30. The predicted molar refractivity (Wildman–Crippen MR) is 83.0 cm³/mol. The molecule has 0 saturated heterocycles. The Hall–Kier alpha value is -2.27. The van der Waals surface area contributed by atoms with Crippen LogP contribution in [-0.2, 0) is 6.54 Å². The highest BCUT2D eigenvalue weighted by molar-refractivity contribution is 6.32. The largest absolute Gasteiger partial charge is 0.506 e. The summed E-state index contributed by atoms with van der Waals surface area (Å²) in [5.41, 5.74) is 2.88. The summed E-state index contributed by atoms with van der Waals surface area (Å²) in [5, 5.41) is 24.2. The first-order chi connectivity index (χ1) is 9.90. The third-order valence-electron chi connectivity index (χ3n) is 3.28. The maximum absolute atomic E-state index is 11.0. The lowest BCUT2D eigenvalue weighted by molar-refractivity contribution is -0.385. The molecule has 0 aliphatic carbocycles. The lowest BCUT2D eigenvalue weighted by Gasteiger charge is -2.12. The van der Waals surface area contributed by atoms with Gasteiger partial charge in [-0.1, -0.05) is 23.7 Å². The van der Waals surface area contributed by atoms with Crippen LogP contribution in [0.15, 0.2) is 30.3 Å². The zero-order chi connectivity index (χ0) is 15.6. The average molecular weight is 307 g/mol. The predicted octanol–water partition coefficient (Wildman–Crippen LogP) is 4.18. The number of benzene rings is 2. The second kappa shape index (κ2) is 6.01. The molecular formula is C15H15ClN2O3. The van der Waals surface area contributed by atoms with Crippen LogP contribution in [-0.4, -0.2) is 10.0 Å². The molecule has 0 amide bonds. The normalized spacial score (nSPS) is 10.4. The van der Waals surface area contributed by atoms with Crippen molar-refractivity contribution in [3.63, 3.8) is 0 Å². The minimum Gasteiger partial charge on any atom is -0.506 e. The van der Waals surface area contributed by atoms with E-state index in [1.54, 1.807) is 31.2 Å². The second-order valence-electron chi connectivity index (χ2n) is 4.81. The lowest BCUT2D eigenvalue weighted by Crippen LogP contribution is -2.03. The number of phenolic OH excluding ortho intramolecular Hbond substituents is 1. The van der Waals surface area contributed by atoms with Gasteiger partial charge in [-0.3, -0.25) is 10.1 Å². The van der Waals surface area contributed by atoms with Crippen molar-refractivity contribution in [1.29, 1.82) is 0 Å². The van der Waals surface area contributed by atoms with E-state index in [-0.39, 0.29) is 16.5 Å². The SMILES string of the molecule is Cc1cc(C)c([N+](=O)[O-])cc1NCc1cccc(Cl)c1O. The molecule has 0 bridgehead atoms. The molecule has 0 spiro atoms. The summed E-state index contributed by atoms with van der Waals surface area (Å²) in [7, 11) is 0. The third-order valence-corrected chi connectivity index (χ3v) is 3.58. The number of para-hydroxylation sites is 1. The van der Waals surface area contributed by atoms with E-state index in [0.29, 0.717) is 23.4 Å². The minimum atomic E-state index is -0.406. The summed E-state index contributed by atoms with van der Waals surface area (Å²) in [6.45, 7) is 3.90. The Morgan fingerprint density at radius 2 is 2.00 bits per heavy atom. The highest BCUT2D eigenvalue weighted by Gasteiger charge is 2.14. The number of nitrogens with one attached hydrogen (secondary N) is 1. The Bertz CT molecular complexity index is 702. The van der Waals surface area contributed by atoms with Crippen molar-refractivity contribution in [2.45, 2.75) is 20.4 Å². The molecule has 2 rings (SSSR count). The van der Waals surface area contributed by atoms with Crippen molar-refractivity contribution in [3.8, 4) is 5.75 Å². The number of nitro benzene ring substituents is 1. The number of hydrogen-bond acceptors (Lipinski definition) is 4. The molecule has 2 aromatic carbocycles. The van der Waals surface area contributed by atoms with Gasteiger partial charge in [-0.2, -0.15) is 0 Å². The molecule has 0 aromatic heterocycles. The molecular weight excluding hydrogens is 292 g/mol. The number of halogens is 1. The summed E-state index contributed by atoms with van der Waals surface area (Å²) >= 11 is 5.85. The molecule has 0 radical (unpaired) electrons. The van der Waals surface area contributed by atoms with Gasteiger partial charge >= 0.3 is 0 Å². The van der Waals surface area contributed by atoms with Gasteiger partial charge in [-0.15, -0.1) is 0 Å². The second-order valence-corrected chi connectivity index (χ2v) is 5.22. The van der Waals surface area contributed by atoms with E-state index in [1.165, 1.54) is 6.07 Å². The zero-order valence-electron chi connectivity index (χ0n) is 11.7. The van der Waals surface area contributed by atoms with E-state index in [0.717, 1.165) is 5.56 Å². The van der Waals surface area contributed by atoms with Gasteiger partial charge in [-0.05, 0) is 31.5 Å². The van der Waals surface area contributed by atoms with Crippen LogP contribution in [0.25, 0.3) is 0 Å². The number of nitrogens with zero attached hydrogens (tertiary/aromatic N) is 1. The van der Waals surface area contributed by atoms with Crippen molar-refractivity contribution in [2.24, 2.45) is 0 Å². The van der Waals surface area contributed by atoms with Crippen molar-refractivity contribution in [3.05, 3.63) is 62.2 Å². The number of rotatable bonds is 4. The molecule has 6 heteroatoms. The molecule has 2 N–H and O–H groups in total. The summed E-state index contributed by atoms with van der Waals surface area (Å²) in [4.78, 5) is 10.6. The number of hydrogen-bond donors (Lipinski definition) is 2. The van der Waals surface area contributed by atoms with E-state index in [9.17, 15) is 15.2 Å². The van der Waals surface area contributed by atoms with Crippen LogP contribution < -0.4 is 5.32 Å². The van der Waals surface area contributed by atoms with Crippen molar-refractivity contribution in [1.82, 2.24) is 0 Å². The molecule has 0 aliphatic heterocycles. The first kappa shape index (κ1) is 15.1. The number of nitro groups is 1. The topological polar surface area (TPSA) is 75.4 Å². The molecule has 21 heavy (non-hydrogen) atoms. The van der Waals surface area contributed by atoms with Gasteiger partial charge in [0, 0.05) is 29.4 Å². The van der Waals surface area contributed by atoms with Crippen LogP contribution in [0.3, 0.4) is 0 Å². The van der Waals surface area contributed by atoms with E-state index >= 15 is 0 Å². The van der Waals surface area contributed by atoms with Crippen LogP contribution in [0, 0.1) is 24.0 Å². The Morgan fingerprint density at radius 3 is 2.67 bits per heavy atom. The maximum Gasteiger partial charge on any atom is 0.274 e. The number of aryl methyl sites for hydroxylation is 2. The number of phenols is 1. The molecule has 0 saturated carbocycles.